The van der Waals surface area contributed by atoms with Gasteiger partial charge in [-0.05, 0) is 63.3 Å². The molecule has 2 fully saturated rings. The Morgan fingerprint density at radius 1 is 1.05 bits per heavy atom. The van der Waals surface area contributed by atoms with E-state index in [0.717, 1.165) is 30.6 Å². The molecule has 124 valence electrons. The monoisotopic (exact) mass is 294 g/mol. The first-order valence-electron chi connectivity index (χ1n) is 9.39. The van der Waals surface area contributed by atoms with Crippen LogP contribution < -0.4 is 5.32 Å². The number of likely N-dealkylation sites (tertiary alicyclic amines) is 1. The molecule has 2 nitrogen and oxygen atoms in total. The Hall–Kier alpha value is -0.0800. The molecule has 2 heteroatoms. The van der Waals surface area contributed by atoms with Crippen LogP contribution in [0.15, 0.2) is 0 Å². The van der Waals surface area contributed by atoms with Crippen LogP contribution in [-0.4, -0.2) is 35.6 Å². The molecule has 0 spiro atoms. The van der Waals surface area contributed by atoms with Gasteiger partial charge in [-0.15, -0.1) is 0 Å². The molecule has 0 amide bonds. The van der Waals surface area contributed by atoms with Crippen molar-refractivity contribution in [1.29, 1.82) is 0 Å². The fourth-order valence-electron chi connectivity index (χ4n) is 4.87. The number of hydrogen-bond acceptors (Lipinski definition) is 2. The van der Waals surface area contributed by atoms with Crippen molar-refractivity contribution in [2.24, 2.45) is 11.3 Å². The molecular weight excluding hydrogens is 256 g/mol. The van der Waals surface area contributed by atoms with E-state index in [4.69, 9.17) is 0 Å². The fraction of sp³-hybridized carbons (Fsp3) is 1.00. The molecule has 0 aromatic heterocycles. The van der Waals surface area contributed by atoms with Gasteiger partial charge in [-0.3, -0.25) is 4.90 Å². The Bertz CT molecular complexity index is 320. The summed E-state index contributed by atoms with van der Waals surface area (Å²) in [6.45, 7) is 15.5. The average Bonchev–Trinajstić information content (AvgIpc) is 2.79. The summed E-state index contributed by atoms with van der Waals surface area (Å²) in [5.74, 6) is 0.878. The van der Waals surface area contributed by atoms with Crippen LogP contribution in [0, 0.1) is 11.3 Å². The third kappa shape index (κ3) is 3.82. The summed E-state index contributed by atoms with van der Waals surface area (Å²) in [6.07, 6.45) is 8.28. The molecule has 1 saturated heterocycles. The van der Waals surface area contributed by atoms with Crippen molar-refractivity contribution in [2.45, 2.75) is 104 Å². The van der Waals surface area contributed by atoms with Gasteiger partial charge in [0.25, 0.3) is 0 Å². The van der Waals surface area contributed by atoms with Gasteiger partial charge in [-0.25, -0.2) is 0 Å². The molecular formula is C19H38N2. The first-order chi connectivity index (χ1) is 9.88. The highest BCUT2D eigenvalue weighted by molar-refractivity contribution is 4.99. The van der Waals surface area contributed by atoms with E-state index in [-0.39, 0.29) is 0 Å². The first kappa shape index (κ1) is 17.3. The first-order valence-corrected chi connectivity index (χ1v) is 9.39. The molecule has 1 N–H and O–H groups in total. The summed E-state index contributed by atoms with van der Waals surface area (Å²) in [7, 11) is 0. The van der Waals surface area contributed by atoms with Crippen LogP contribution in [0.5, 0.6) is 0 Å². The average molecular weight is 295 g/mol. The van der Waals surface area contributed by atoms with Crippen LogP contribution in [0.2, 0.25) is 0 Å². The summed E-state index contributed by atoms with van der Waals surface area (Å²) in [5, 5.41) is 3.81. The summed E-state index contributed by atoms with van der Waals surface area (Å²) in [4.78, 5) is 2.91. The molecule has 0 radical (unpaired) electrons. The van der Waals surface area contributed by atoms with Gasteiger partial charge < -0.3 is 5.32 Å². The molecule has 0 aromatic rings. The molecule has 5 unspecified atom stereocenters. The highest BCUT2D eigenvalue weighted by atomic mass is 15.3. The lowest BCUT2D eigenvalue weighted by atomic mass is 9.69. The van der Waals surface area contributed by atoms with E-state index < -0.39 is 0 Å². The topological polar surface area (TPSA) is 15.3 Å². The lowest BCUT2D eigenvalue weighted by Crippen LogP contribution is -2.57. The van der Waals surface area contributed by atoms with Crippen LogP contribution in [0.3, 0.4) is 0 Å². The zero-order valence-electron chi connectivity index (χ0n) is 15.3. The highest BCUT2D eigenvalue weighted by Gasteiger charge is 2.43. The Labute approximate surface area is 133 Å². The van der Waals surface area contributed by atoms with Gasteiger partial charge in [0.2, 0.25) is 0 Å². The lowest BCUT2D eigenvalue weighted by Gasteiger charge is -2.48. The van der Waals surface area contributed by atoms with Crippen molar-refractivity contribution < 1.29 is 0 Å². The van der Waals surface area contributed by atoms with Gasteiger partial charge >= 0.3 is 0 Å². The van der Waals surface area contributed by atoms with Crippen LogP contribution >= 0.6 is 0 Å². The maximum atomic E-state index is 3.81. The number of nitrogens with one attached hydrogen (secondary N) is 1. The van der Waals surface area contributed by atoms with Crippen molar-refractivity contribution >= 4 is 0 Å². The maximum Gasteiger partial charge on any atom is 0.0257 e. The van der Waals surface area contributed by atoms with E-state index in [0.29, 0.717) is 11.5 Å². The van der Waals surface area contributed by atoms with E-state index in [1.54, 1.807) is 0 Å². The molecule has 0 aromatic carbocycles. The molecule has 0 bridgehead atoms. The summed E-state index contributed by atoms with van der Waals surface area (Å²) in [6, 6.07) is 3.07. The minimum absolute atomic E-state index is 0.458. The Balaban J connectivity index is 2.17. The minimum atomic E-state index is 0.458. The van der Waals surface area contributed by atoms with Crippen LogP contribution in [-0.2, 0) is 0 Å². The molecule has 1 heterocycles. The van der Waals surface area contributed by atoms with Crippen LogP contribution in [0.4, 0.5) is 0 Å². The van der Waals surface area contributed by atoms with Gasteiger partial charge in [-0.1, -0.05) is 34.6 Å². The van der Waals surface area contributed by atoms with Gasteiger partial charge in [0.05, 0.1) is 0 Å². The van der Waals surface area contributed by atoms with E-state index in [1.165, 1.54) is 38.5 Å². The van der Waals surface area contributed by atoms with Crippen molar-refractivity contribution in [3.8, 4) is 0 Å². The molecule has 5 atom stereocenters. The maximum absolute atomic E-state index is 3.81. The zero-order valence-corrected chi connectivity index (χ0v) is 15.3. The molecule has 1 aliphatic carbocycles. The minimum Gasteiger partial charge on any atom is -0.313 e. The number of likely N-dealkylation sites (N-methyl/N-ethyl adjacent to an activating group) is 1. The summed E-state index contributed by atoms with van der Waals surface area (Å²) in [5.41, 5.74) is 0.458. The van der Waals surface area contributed by atoms with E-state index in [2.05, 4.69) is 51.8 Å². The second kappa shape index (κ2) is 7.00. The van der Waals surface area contributed by atoms with E-state index in [1.807, 2.05) is 0 Å². The van der Waals surface area contributed by atoms with Crippen LogP contribution in [0.25, 0.3) is 0 Å². The number of rotatable bonds is 4. The molecule has 1 aliphatic heterocycles. The van der Waals surface area contributed by atoms with E-state index in [9.17, 15) is 0 Å². The normalized spacial score (nSPS) is 38.9. The van der Waals surface area contributed by atoms with Crippen molar-refractivity contribution in [3.05, 3.63) is 0 Å². The van der Waals surface area contributed by atoms with Gasteiger partial charge in [0.1, 0.15) is 0 Å². The molecule has 2 aliphatic rings. The summed E-state index contributed by atoms with van der Waals surface area (Å²) >= 11 is 0. The van der Waals surface area contributed by atoms with Crippen LogP contribution in [0.1, 0.15) is 80.1 Å². The zero-order chi connectivity index (χ0) is 15.6. The number of hydrogen-bond donors (Lipinski definition) is 1. The molecule has 1 saturated carbocycles. The lowest BCUT2D eigenvalue weighted by molar-refractivity contribution is 0.0316. The second-order valence-corrected chi connectivity index (χ2v) is 8.54. The summed E-state index contributed by atoms with van der Waals surface area (Å²) < 4.78 is 0. The largest absolute Gasteiger partial charge is 0.313 e. The van der Waals surface area contributed by atoms with E-state index >= 15 is 0 Å². The highest BCUT2D eigenvalue weighted by Crippen LogP contribution is 2.42. The Morgan fingerprint density at radius 3 is 2.33 bits per heavy atom. The third-order valence-corrected chi connectivity index (χ3v) is 6.21. The standard InChI is InChI=1S/C19H38N2/c1-7-16-11-9-14(3)21(16)18-13-15(19(4,5)6)10-12-17(18)20-8-2/h14-18,20H,7-13H2,1-6H3. The quantitative estimate of drug-likeness (QED) is 0.824. The molecule has 2 rings (SSSR count). The number of nitrogens with zero attached hydrogens (tertiary/aromatic N) is 1. The molecule has 21 heavy (non-hydrogen) atoms. The Kier molecular flexibility index (Phi) is 5.76. The van der Waals surface area contributed by atoms with Gasteiger partial charge in [-0.2, -0.15) is 0 Å². The van der Waals surface area contributed by atoms with Crippen molar-refractivity contribution in [2.75, 3.05) is 6.54 Å². The Morgan fingerprint density at radius 2 is 1.76 bits per heavy atom. The van der Waals surface area contributed by atoms with Crippen molar-refractivity contribution in [3.63, 3.8) is 0 Å². The van der Waals surface area contributed by atoms with Gasteiger partial charge in [0, 0.05) is 24.2 Å². The smallest absolute Gasteiger partial charge is 0.0257 e. The van der Waals surface area contributed by atoms with Crippen molar-refractivity contribution in [1.82, 2.24) is 10.2 Å². The third-order valence-electron chi connectivity index (χ3n) is 6.21. The fourth-order valence-corrected chi connectivity index (χ4v) is 4.87. The SMILES string of the molecule is CCNC1CCC(C(C)(C)C)CC1N1C(C)CCC1CC. The predicted octanol–water partition coefficient (Wildman–Crippen LogP) is 4.44. The van der Waals surface area contributed by atoms with Gasteiger partial charge in [0.15, 0.2) is 0 Å². The second-order valence-electron chi connectivity index (χ2n) is 8.54. The predicted molar refractivity (Wildman–Crippen MR) is 92.7 cm³/mol.